The quantitative estimate of drug-likeness (QED) is 0.469. The number of anilines is 1. The van der Waals surface area contributed by atoms with E-state index in [1.54, 1.807) is 30.2 Å². The van der Waals surface area contributed by atoms with E-state index in [1.165, 1.54) is 23.5 Å². The number of fused-ring (bicyclic) bond motifs is 2. The number of amides is 1. The highest BCUT2D eigenvalue weighted by molar-refractivity contribution is 7.22. The molecule has 4 aromatic rings. The van der Waals surface area contributed by atoms with E-state index in [0.29, 0.717) is 39.8 Å². The SMILES string of the molecule is COc1cccc2cc(C(=O)N(CCN(C)C)c3nc4ccc(F)cc4s3)oc12. The van der Waals surface area contributed by atoms with Crippen LogP contribution in [0.25, 0.3) is 21.2 Å². The number of nitrogens with zero attached hydrogens (tertiary/aromatic N) is 3. The average molecular weight is 413 g/mol. The van der Waals surface area contributed by atoms with Crippen LogP contribution in [0.3, 0.4) is 0 Å². The van der Waals surface area contributed by atoms with Gasteiger partial charge in [-0.3, -0.25) is 9.69 Å². The largest absolute Gasteiger partial charge is 0.493 e. The number of rotatable bonds is 6. The molecule has 8 heteroatoms. The summed E-state index contributed by atoms with van der Waals surface area (Å²) in [6, 6.07) is 11.6. The molecule has 0 atom stereocenters. The van der Waals surface area contributed by atoms with E-state index in [9.17, 15) is 9.18 Å². The van der Waals surface area contributed by atoms with Crippen LogP contribution in [-0.4, -0.2) is 50.1 Å². The minimum absolute atomic E-state index is 0.202. The summed E-state index contributed by atoms with van der Waals surface area (Å²) >= 11 is 1.28. The molecule has 4 rings (SSSR count). The Labute approximate surface area is 171 Å². The minimum atomic E-state index is -0.330. The zero-order valence-electron chi connectivity index (χ0n) is 16.3. The van der Waals surface area contributed by atoms with Crippen LogP contribution in [0.15, 0.2) is 46.9 Å². The van der Waals surface area contributed by atoms with Crippen LogP contribution in [0, 0.1) is 5.82 Å². The number of furan rings is 1. The maximum Gasteiger partial charge on any atom is 0.295 e. The van der Waals surface area contributed by atoms with E-state index < -0.39 is 0 Å². The number of halogens is 1. The summed E-state index contributed by atoms with van der Waals surface area (Å²) in [6.45, 7) is 1.06. The first kappa shape index (κ1) is 19.4. The van der Waals surface area contributed by atoms with Gasteiger partial charge in [0.05, 0.1) is 17.3 Å². The molecule has 2 aromatic heterocycles. The van der Waals surface area contributed by atoms with Gasteiger partial charge in [0.2, 0.25) is 0 Å². The van der Waals surface area contributed by atoms with E-state index in [-0.39, 0.29) is 17.5 Å². The molecular formula is C21H20FN3O3S. The highest BCUT2D eigenvalue weighted by Gasteiger charge is 2.25. The number of para-hydroxylation sites is 1. The lowest BCUT2D eigenvalue weighted by Gasteiger charge is -2.20. The number of methoxy groups -OCH3 is 1. The first-order valence-electron chi connectivity index (χ1n) is 9.05. The van der Waals surface area contributed by atoms with Crippen molar-refractivity contribution in [3.8, 4) is 5.75 Å². The highest BCUT2D eigenvalue weighted by Crippen LogP contribution is 2.32. The molecule has 29 heavy (non-hydrogen) atoms. The number of aromatic nitrogens is 1. The number of hydrogen-bond acceptors (Lipinski definition) is 6. The molecule has 0 aliphatic heterocycles. The summed E-state index contributed by atoms with van der Waals surface area (Å²) in [5.74, 6) is 0.137. The molecule has 0 unspecified atom stereocenters. The first-order valence-corrected chi connectivity index (χ1v) is 9.87. The van der Waals surface area contributed by atoms with Crippen molar-refractivity contribution in [2.75, 3.05) is 39.2 Å². The van der Waals surface area contributed by atoms with Crippen LogP contribution in [0.4, 0.5) is 9.52 Å². The van der Waals surface area contributed by atoms with Crippen molar-refractivity contribution >= 4 is 43.6 Å². The fourth-order valence-corrected chi connectivity index (χ4v) is 4.04. The van der Waals surface area contributed by atoms with Crippen LogP contribution in [0.2, 0.25) is 0 Å². The number of benzene rings is 2. The summed E-state index contributed by atoms with van der Waals surface area (Å²) in [5.41, 5.74) is 1.18. The van der Waals surface area contributed by atoms with Crippen LogP contribution in [-0.2, 0) is 0 Å². The van der Waals surface area contributed by atoms with Crippen molar-refractivity contribution in [3.05, 3.63) is 54.0 Å². The summed E-state index contributed by atoms with van der Waals surface area (Å²) in [6.07, 6.45) is 0. The Bertz CT molecular complexity index is 1180. The number of thiazole rings is 1. The number of hydrogen-bond donors (Lipinski definition) is 0. The first-order chi connectivity index (χ1) is 14.0. The predicted octanol–water partition coefficient (Wildman–Crippen LogP) is 4.40. The van der Waals surface area contributed by atoms with E-state index in [2.05, 4.69) is 4.98 Å². The Morgan fingerprint density at radius 1 is 1.21 bits per heavy atom. The molecule has 0 fully saturated rings. The fourth-order valence-electron chi connectivity index (χ4n) is 3.02. The molecule has 0 saturated heterocycles. The van der Waals surface area contributed by atoms with Gasteiger partial charge in [0.15, 0.2) is 22.2 Å². The van der Waals surface area contributed by atoms with Crippen molar-refractivity contribution in [2.24, 2.45) is 0 Å². The maximum absolute atomic E-state index is 13.6. The Morgan fingerprint density at radius 3 is 2.79 bits per heavy atom. The van der Waals surface area contributed by atoms with Crippen molar-refractivity contribution < 1.29 is 18.3 Å². The monoisotopic (exact) mass is 413 g/mol. The number of carbonyl (C=O) groups is 1. The zero-order chi connectivity index (χ0) is 20.5. The fraction of sp³-hybridized carbons (Fsp3) is 0.238. The minimum Gasteiger partial charge on any atom is -0.493 e. The third-order valence-corrected chi connectivity index (χ3v) is 5.57. The van der Waals surface area contributed by atoms with Gasteiger partial charge in [0.1, 0.15) is 5.82 Å². The Hall–Kier alpha value is -2.97. The third kappa shape index (κ3) is 3.81. The molecule has 1 amide bonds. The van der Waals surface area contributed by atoms with Crippen LogP contribution < -0.4 is 9.64 Å². The molecule has 0 aliphatic rings. The van der Waals surface area contributed by atoms with Crippen LogP contribution in [0.5, 0.6) is 5.75 Å². The molecule has 0 bridgehead atoms. The molecule has 6 nitrogen and oxygen atoms in total. The molecule has 0 N–H and O–H groups in total. The lowest BCUT2D eigenvalue weighted by atomic mass is 10.2. The van der Waals surface area contributed by atoms with Crippen LogP contribution >= 0.6 is 11.3 Å². The van der Waals surface area contributed by atoms with Gasteiger partial charge >= 0.3 is 0 Å². The summed E-state index contributed by atoms with van der Waals surface area (Å²) in [4.78, 5) is 21.4. The Balaban J connectivity index is 1.75. The zero-order valence-corrected chi connectivity index (χ0v) is 17.1. The number of ether oxygens (including phenoxy) is 1. The van der Waals surface area contributed by atoms with E-state index in [0.717, 1.165) is 5.39 Å². The third-order valence-electron chi connectivity index (χ3n) is 4.52. The molecule has 0 spiro atoms. The van der Waals surface area contributed by atoms with Crippen molar-refractivity contribution in [3.63, 3.8) is 0 Å². The molecule has 150 valence electrons. The summed E-state index contributed by atoms with van der Waals surface area (Å²) in [5, 5.41) is 1.29. The number of carbonyl (C=O) groups excluding carboxylic acids is 1. The molecule has 0 saturated carbocycles. The summed E-state index contributed by atoms with van der Waals surface area (Å²) in [7, 11) is 5.42. The van der Waals surface area contributed by atoms with Gasteiger partial charge in [-0.1, -0.05) is 23.5 Å². The molecule has 0 aliphatic carbocycles. The lowest BCUT2D eigenvalue weighted by Crippen LogP contribution is -2.36. The van der Waals surface area contributed by atoms with Gasteiger partial charge in [-0.05, 0) is 44.4 Å². The predicted molar refractivity (Wildman–Crippen MR) is 113 cm³/mol. The van der Waals surface area contributed by atoms with Crippen molar-refractivity contribution in [1.29, 1.82) is 0 Å². The average Bonchev–Trinajstić information content (AvgIpc) is 3.31. The highest BCUT2D eigenvalue weighted by atomic mass is 32.1. The van der Waals surface area contributed by atoms with Gasteiger partial charge in [-0.2, -0.15) is 0 Å². The van der Waals surface area contributed by atoms with Crippen molar-refractivity contribution in [2.45, 2.75) is 0 Å². The maximum atomic E-state index is 13.6. The summed E-state index contributed by atoms with van der Waals surface area (Å²) < 4.78 is 25.4. The van der Waals surface area contributed by atoms with E-state index in [1.807, 2.05) is 31.1 Å². The second-order valence-electron chi connectivity index (χ2n) is 6.86. The second kappa shape index (κ2) is 7.81. The van der Waals surface area contributed by atoms with E-state index >= 15 is 0 Å². The normalized spacial score (nSPS) is 11.5. The topological polar surface area (TPSA) is 58.8 Å². The Morgan fingerprint density at radius 2 is 2.03 bits per heavy atom. The van der Waals surface area contributed by atoms with Gasteiger partial charge in [0, 0.05) is 18.5 Å². The van der Waals surface area contributed by atoms with Crippen molar-refractivity contribution in [1.82, 2.24) is 9.88 Å². The van der Waals surface area contributed by atoms with Gasteiger partial charge in [-0.15, -0.1) is 0 Å². The smallest absolute Gasteiger partial charge is 0.295 e. The molecule has 2 aromatic carbocycles. The molecular weight excluding hydrogens is 393 g/mol. The van der Waals surface area contributed by atoms with E-state index in [4.69, 9.17) is 9.15 Å². The standard InChI is InChI=1S/C21H20FN3O3S/c1-24(2)9-10-25(21-23-15-8-7-14(22)12-18(15)29-21)20(26)17-11-13-5-4-6-16(27-3)19(13)28-17/h4-8,11-12H,9-10H2,1-3H3. The molecule has 0 radical (unpaired) electrons. The van der Waals surface area contributed by atoms with Gasteiger partial charge in [-0.25, -0.2) is 9.37 Å². The number of likely N-dealkylation sites (N-methyl/N-ethyl adjacent to an activating group) is 1. The molecule has 2 heterocycles. The Kier molecular flexibility index (Phi) is 5.21. The van der Waals surface area contributed by atoms with Gasteiger partial charge < -0.3 is 14.1 Å². The lowest BCUT2D eigenvalue weighted by molar-refractivity contribution is 0.0960. The second-order valence-corrected chi connectivity index (χ2v) is 7.87. The van der Waals surface area contributed by atoms with Gasteiger partial charge in [0.25, 0.3) is 5.91 Å². The van der Waals surface area contributed by atoms with Crippen LogP contribution in [0.1, 0.15) is 10.6 Å².